The Hall–Kier alpha value is -2.47. The standard InChI is InChI=1S/C30H38N2O2S/c1-20(29(2,3)4)31-18-21-11-12-25-23(15-21)16-24(32(25)19-30(5,6)34)17-26(33)28-14-13-27(35-28)22-9-7-8-10-22/h7,9-15,17,20,31,34H,8,16,18-19H2,1-6H3/b24-17+/t20-/m0/s1. The van der Waals surface area contributed by atoms with Gasteiger partial charge in [0.15, 0.2) is 5.78 Å². The summed E-state index contributed by atoms with van der Waals surface area (Å²) in [6.07, 6.45) is 9.84. The second-order valence-electron chi connectivity index (χ2n) is 11.5. The van der Waals surface area contributed by atoms with Crippen LogP contribution in [0.25, 0.3) is 5.57 Å². The third kappa shape index (κ3) is 6.21. The van der Waals surface area contributed by atoms with E-state index in [2.05, 4.69) is 74.3 Å². The van der Waals surface area contributed by atoms with E-state index in [1.54, 1.807) is 17.4 Å². The summed E-state index contributed by atoms with van der Waals surface area (Å²) in [4.78, 5) is 17.2. The lowest BCUT2D eigenvalue weighted by molar-refractivity contribution is 0.0888. The van der Waals surface area contributed by atoms with Gasteiger partial charge >= 0.3 is 0 Å². The Bertz CT molecular complexity index is 1190. The minimum absolute atomic E-state index is 0.0215. The van der Waals surface area contributed by atoms with Gasteiger partial charge in [0.25, 0.3) is 0 Å². The van der Waals surface area contributed by atoms with Crippen LogP contribution in [0.4, 0.5) is 5.69 Å². The summed E-state index contributed by atoms with van der Waals surface area (Å²) in [5.41, 5.74) is 4.95. The van der Waals surface area contributed by atoms with Gasteiger partial charge < -0.3 is 15.3 Å². The lowest BCUT2D eigenvalue weighted by Gasteiger charge is -2.29. The maximum Gasteiger partial charge on any atom is 0.197 e. The molecule has 4 rings (SSSR count). The third-order valence-corrected chi connectivity index (χ3v) is 7.96. The third-order valence-electron chi connectivity index (χ3n) is 6.81. The number of carbonyl (C=O) groups excluding carboxylic acids is 1. The zero-order chi connectivity index (χ0) is 25.4. The number of anilines is 1. The molecule has 186 valence electrons. The highest BCUT2D eigenvalue weighted by atomic mass is 32.1. The molecule has 2 aromatic rings. The second-order valence-corrected chi connectivity index (χ2v) is 12.6. The van der Waals surface area contributed by atoms with Crippen LogP contribution in [0.5, 0.6) is 0 Å². The number of hydrogen-bond acceptors (Lipinski definition) is 5. The van der Waals surface area contributed by atoms with E-state index in [9.17, 15) is 9.90 Å². The molecule has 0 bridgehead atoms. The van der Waals surface area contributed by atoms with Gasteiger partial charge in [-0.1, -0.05) is 51.1 Å². The number of aliphatic hydroxyl groups is 1. The highest BCUT2D eigenvalue weighted by Crippen LogP contribution is 2.37. The minimum atomic E-state index is -0.885. The van der Waals surface area contributed by atoms with Crippen molar-refractivity contribution in [1.29, 1.82) is 0 Å². The first-order valence-corrected chi connectivity index (χ1v) is 13.3. The number of nitrogens with zero attached hydrogens (tertiary/aromatic N) is 1. The van der Waals surface area contributed by atoms with Crippen LogP contribution in [-0.4, -0.2) is 29.1 Å². The summed E-state index contributed by atoms with van der Waals surface area (Å²) in [5.74, 6) is 0.0215. The van der Waals surface area contributed by atoms with Gasteiger partial charge in [-0.15, -0.1) is 11.3 Å². The molecule has 0 amide bonds. The second kappa shape index (κ2) is 9.88. The first-order valence-electron chi connectivity index (χ1n) is 12.5. The quantitative estimate of drug-likeness (QED) is 0.327. The number of ketones is 1. The van der Waals surface area contributed by atoms with Gasteiger partial charge in [-0.2, -0.15) is 0 Å². The number of benzene rings is 1. The molecule has 0 saturated heterocycles. The fraction of sp³-hybridized carbons (Fsp3) is 0.433. The molecule has 1 aromatic carbocycles. The fourth-order valence-electron chi connectivity index (χ4n) is 4.37. The van der Waals surface area contributed by atoms with Crippen LogP contribution >= 0.6 is 11.3 Å². The van der Waals surface area contributed by atoms with Crippen molar-refractivity contribution < 1.29 is 9.90 Å². The van der Waals surface area contributed by atoms with Crippen molar-refractivity contribution in [3.63, 3.8) is 0 Å². The van der Waals surface area contributed by atoms with Gasteiger partial charge in [0.2, 0.25) is 0 Å². The van der Waals surface area contributed by atoms with E-state index in [0.29, 0.717) is 19.0 Å². The van der Waals surface area contributed by atoms with E-state index < -0.39 is 5.60 Å². The van der Waals surface area contributed by atoms with Crippen LogP contribution in [-0.2, 0) is 13.0 Å². The maximum atomic E-state index is 13.2. The molecule has 35 heavy (non-hydrogen) atoms. The van der Waals surface area contributed by atoms with E-state index >= 15 is 0 Å². The topological polar surface area (TPSA) is 52.6 Å². The van der Waals surface area contributed by atoms with E-state index in [4.69, 9.17) is 0 Å². The van der Waals surface area contributed by atoms with Crippen molar-refractivity contribution >= 4 is 28.4 Å². The fourth-order valence-corrected chi connectivity index (χ4v) is 5.31. The van der Waals surface area contributed by atoms with E-state index in [1.807, 2.05) is 26.0 Å². The monoisotopic (exact) mass is 490 g/mol. The Balaban J connectivity index is 1.56. The molecule has 1 aliphatic carbocycles. The summed E-state index contributed by atoms with van der Waals surface area (Å²) in [5, 5.41) is 14.2. The molecular weight excluding hydrogens is 452 g/mol. The van der Waals surface area contributed by atoms with Crippen molar-refractivity contribution in [2.24, 2.45) is 5.41 Å². The molecule has 0 saturated carbocycles. The van der Waals surface area contributed by atoms with Crippen molar-refractivity contribution in [2.75, 3.05) is 11.4 Å². The zero-order valence-corrected chi connectivity index (χ0v) is 22.6. The number of nitrogens with one attached hydrogen (secondary N) is 1. The Morgan fingerprint density at radius 2 is 1.97 bits per heavy atom. The first kappa shape index (κ1) is 25.6. The Kier molecular flexibility index (Phi) is 7.23. The summed E-state index contributed by atoms with van der Waals surface area (Å²) < 4.78 is 0. The van der Waals surface area contributed by atoms with E-state index in [1.165, 1.54) is 16.7 Å². The Labute approximate surface area is 214 Å². The zero-order valence-electron chi connectivity index (χ0n) is 21.8. The summed E-state index contributed by atoms with van der Waals surface area (Å²) in [6, 6.07) is 10.9. The van der Waals surface area contributed by atoms with Crippen LogP contribution in [0.1, 0.15) is 73.6 Å². The Morgan fingerprint density at radius 1 is 1.20 bits per heavy atom. The average Bonchev–Trinajstić information content (AvgIpc) is 3.51. The molecular formula is C30H38N2O2S. The lowest BCUT2D eigenvalue weighted by atomic mass is 9.88. The highest BCUT2D eigenvalue weighted by molar-refractivity contribution is 7.15. The maximum absolute atomic E-state index is 13.2. The predicted molar refractivity (Wildman–Crippen MR) is 148 cm³/mol. The first-order chi connectivity index (χ1) is 16.4. The van der Waals surface area contributed by atoms with Crippen molar-refractivity contribution in [3.8, 4) is 0 Å². The van der Waals surface area contributed by atoms with Gasteiger partial charge in [0.1, 0.15) is 0 Å². The van der Waals surface area contributed by atoms with Crippen molar-refractivity contribution in [1.82, 2.24) is 5.32 Å². The summed E-state index contributed by atoms with van der Waals surface area (Å²) in [7, 11) is 0. The average molecular weight is 491 g/mol. The number of carbonyl (C=O) groups is 1. The lowest BCUT2D eigenvalue weighted by Crippen LogP contribution is -2.37. The van der Waals surface area contributed by atoms with Crippen LogP contribution in [0.15, 0.2) is 60.3 Å². The molecule has 0 spiro atoms. The van der Waals surface area contributed by atoms with Crippen LogP contribution in [0.2, 0.25) is 0 Å². The van der Waals surface area contributed by atoms with Gasteiger partial charge in [0, 0.05) is 41.3 Å². The molecule has 5 heteroatoms. The van der Waals surface area contributed by atoms with Gasteiger partial charge in [-0.25, -0.2) is 0 Å². The number of thiophene rings is 1. The molecule has 4 nitrogen and oxygen atoms in total. The van der Waals surface area contributed by atoms with Crippen molar-refractivity contribution in [2.45, 2.75) is 72.6 Å². The predicted octanol–water partition coefficient (Wildman–Crippen LogP) is 6.52. The molecule has 0 radical (unpaired) electrons. The van der Waals surface area contributed by atoms with E-state index in [-0.39, 0.29) is 11.2 Å². The van der Waals surface area contributed by atoms with Crippen LogP contribution < -0.4 is 10.2 Å². The largest absolute Gasteiger partial charge is 0.389 e. The summed E-state index contributed by atoms with van der Waals surface area (Å²) in [6.45, 7) is 13.8. The number of hydrogen-bond donors (Lipinski definition) is 2. The molecule has 2 heterocycles. The number of fused-ring (bicyclic) bond motifs is 1. The highest BCUT2D eigenvalue weighted by Gasteiger charge is 2.30. The van der Waals surface area contributed by atoms with Gasteiger partial charge in [0.05, 0.1) is 17.0 Å². The SMILES string of the molecule is C[C@H](NCc1ccc2c(c1)C/C(=C\C(=O)c1ccc(C3=CCC=C3)s1)N2CC(C)(C)O)C(C)(C)C. The minimum Gasteiger partial charge on any atom is -0.389 e. The molecule has 1 aliphatic heterocycles. The van der Waals surface area contributed by atoms with Gasteiger partial charge in [-0.3, -0.25) is 4.79 Å². The normalized spacial score (nSPS) is 17.7. The number of β-amino-alcohol motifs (C(OH)–C–C–N with tert-alkyl or cyclic N) is 1. The number of rotatable bonds is 8. The molecule has 1 aromatic heterocycles. The summed E-state index contributed by atoms with van der Waals surface area (Å²) >= 11 is 1.54. The molecule has 0 unspecified atom stereocenters. The Morgan fingerprint density at radius 3 is 2.63 bits per heavy atom. The molecule has 1 atom stereocenters. The molecule has 2 N–H and O–H groups in total. The van der Waals surface area contributed by atoms with Crippen LogP contribution in [0, 0.1) is 5.41 Å². The molecule has 2 aliphatic rings. The van der Waals surface area contributed by atoms with E-state index in [0.717, 1.165) is 34.1 Å². The molecule has 0 fully saturated rings. The van der Waals surface area contributed by atoms with Crippen molar-refractivity contribution in [3.05, 3.63) is 81.2 Å². The van der Waals surface area contributed by atoms with Gasteiger partial charge in [-0.05, 0) is 67.5 Å². The smallest absolute Gasteiger partial charge is 0.197 e. The van der Waals surface area contributed by atoms with Crippen LogP contribution in [0.3, 0.4) is 0 Å². The number of allylic oxidation sites excluding steroid dienone is 6.